The van der Waals surface area contributed by atoms with Crippen LogP contribution in [0.4, 0.5) is 4.39 Å². The summed E-state index contributed by atoms with van der Waals surface area (Å²) in [6.45, 7) is 2.12. The predicted molar refractivity (Wildman–Crippen MR) is 89.1 cm³/mol. The lowest BCUT2D eigenvalue weighted by Gasteiger charge is -2.06. The molecule has 0 bridgehead atoms. The highest BCUT2D eigenvalue weighted by molar-refractivity contribution is 6.00. The van der Waals surface area contributed by atoms with E-state index in [4.69, 9.17) is 4.52 Å². The molecular formula is C19H17FN2O2. The molecule has 0 unspecified atom stereocenters. The van der Waals surface area contributed by atoms with E-state index in [1.54, 1.807) is 25.1 Å². The molecule has 0 atom stereocenters. The topological polar surface area (TPSA) is 55.1 Å². The molecule has 122 valence electrons. The van der Waals surface area contributed by atoms with Crippen LogP contribution in [0.15, 0.2) is 59.1 Å². The molecule has 0 aliphatic carbocycles. The SMILES string of the molecule is Cc1onc(-c2ccccc2F)c1C(=O)NCCc1ccccc1. The molecule has 0 aliphatic heterocycles. The molecular weight excluding hydrogens is 307 g/mol. The maximum atomic E-state index is 14.0. The fourth-order valence-corrected chi connectivity index (χ4v) is 2.53. The Kier molecular flexibility index (Phi) is 4.70. The molecule has 0 spiro atoms. The third-order valence-electron chi connectivity index (χ3n) is 3.76. The normalized spacial score (nSPS) is 10.6. The molecule has 3 aromatic rings. The average molecular weight is 324 g/mol. The van der Waals surface area contributed by atoms with Crippen LogP contribution in [0, 0.1) is 12.7 Å². The van der Waals surface area contributed by atoms with Crippen molar-refractivity contribution in [3.05, 3.63) is 77.3 Å². The van der Waals surface area contributed by atoms with E-state index in [0.717, 1.165) is 5.56 Å². The van der Waals surface area contributed by atoms with Gasteiger partial charge in [-0.1, -0.05) is 47.6 Å². The summed E-state index contributed by atoms with van der Waals surface area (Å²) in [6, 6.07) is 16.1. The summed E-state index contributed by atoms with van der Waals surface area (Å²) >= 11 is 0. The van der Waals surface area contributed by atoms with Crippen molar-refractivity contribution in [2.24, 2.45) is 0 Å². The van der Waals surface area contributed by atoms with Crippen molar-refractivity contribution >= 4 is 5.91 Å². The number of aromatic nitrogens is 1. The van der Waals surface area contributed by atoms with Crippen LogP contribution in [0.25, 0.3) is 11.3 Å². The number of hydrogen-bond donors (Lipinski definition) is 1. The van der Waals surface area contributed by atoms with Gasteiger partial charge in [-0.05, 0) is 31.0 Å². The van der Waals surface area contributed by atoms with E-state index in [9.17, 15) is 9.18 Å². The zero-order valence-electron chi connectivity index (χ0n) is 13.3. The first-order valence-corrected chi connectivity index (χ1v) is 7.70. The number of amides is 1. The third kappa shape index (κ3) is 3.35. The van der Waals surface area contributed by atoms with Crippen LogP contribution in [-0.4, -0.2) is 17.6 Å². The lowest BCUT2D eigenvalue weighted by Crippen LogP contribution is -2.26. The summed E-state index contributed by atoms with van der Waals surface area (Å²) in [7, 11) is 0. The van der Waals surface area contributed by atoms with E-state index in [1.165, 1.54) is 6.07 Å². The third-order valence-corrected chi connectivity index (χ3v) is 3.76. The molecule has 24 heavy (non-hydrogen) atoms. The van der Waals surface area contributed by atoms with Crippen molar-refractivity contribution in [2.45, 2.75) is 13.3 Å². The van der Waals surface area contributed by atoms with Crippen LogP contribution in [0.2, 0.25) is 0 Å². The van der Waals surface area contributed by atoms with Crippen LogP contribution in [0.1, 0.15) is 21.7 Å². The molecule has 4 nitrogen and oxygen atoms in total. The molecule has 1 amide bonds. The van der Waals surface area contributed by atoms with Crippen LogP contribution >= 0.6 is 0 Å². The quantitative estimate of drug-likeness (QED) is 0.777. The maximum absolute atomic E-state index is 14.0. The van der Waals surface area contributed by atoms with Gasteiger partial charge < -0.3 is 9.84 Å². The second-order valence-corrected chi connectivity index (χ2v) is 5.43. The summed E-state index contributed by atoms with van der Waals surface area (Å²) in [4.78, 5) is 12.5. The Labute approximate surface area is 139 Å². The second kappa shape index (κ2) is 7.08. The van der Waals surface area contributed by atoms with E-state index in [0.29, 0.717) is 18.7 Å². The Bertz CT molecular complexity index is 844. The number of rotatable bonds is 5. The molecule has 0 aliphatic rings. The molecule has 0 saturated carbocycles. The van der Waals surface area contributed by atoms with Crippen molar-refractivity contribution in [3.63, 3.8) is 0 Å². The summed E-state index contributed by atoms with van der Waals surface area (Å²) in [6.07, 6.45) is 0.714. The van der Waals surface area contributed by atoms with E-state index in [-0.39, 0.29) is 22.7 Å². The van der Waals surface area contributed by atoms with Gasteiger partial charge in [0.25, 0.3) is 5.91 Å². The summed E-state index contributed by atoms with van der Waals surface area (Å²) in [5.41, 5.74) is 1.88. The van der Waals surface area contributed by atoms with Crippen LogP contribution in [0.5, 0.6) is 0 Å². The number of hydrogen-bond acceptors (Lipinski definition) is 3. The number of carbonyl (C=O) groups is 1. The Morgan fingerprint density at radius 1 is 1.12 bits per heavy atom. The lowest BCUT2D eigenvalue weighted by atomic mass is 10.0. The number of benzene rings is 2. The van der Waals surface area contributed by atoms with Crippen LogP contribution in [0.3, 0.4) is 0 Å². The van der Waals surface area contributed by atoms with Gasteiger partial charge in [0.2, 0.25) is 0 Å². The number of aryl methyl sites for hydroxylation is 1. The van der Waals surface area contributed by atoms with Gasteiger partial charge in [0, 0.05) is 12.1 Å². The van der Waals surface area contributed by atoms with E-state index in [1.807, 2.05) is 30.3 Å². The molecule has 1 aromatic heterocycles. The van der Waals surface area contributed by atoms with Gasteiger partial charge in [0.05, 0.1) is 0 Å². The van der Waals surface area contributed by atoms with E-state index < -0.39 is 5.82 Å². The minimum Gasteiger partial charge on any atom is -0.360 e. The first kappa shape index (κ1) is 15.9. The zero-order valence-corrected chi connectivity index (χ0v) is 13.3. The average Bonchev–Trinajstić information content (AvgIpc) is 2.97. The molecule has 2 aromatic carbocycles. The fourth-order valence-electron chi connectivity index (χ4n) is 2.53. The monoisotopic (exact) mass is 324 g/mol. The predicted octanol–water partition coefficient (Wildman–Crippen LogP) is 3.76. The molecule has 0 radical (unpaired) electrons. The number of halogens is 1. The molecule has 0 fully saturated rings. The minimum absolute atomic E-state index is 0.225. The van der Waals surface area contributed by atoms with Gasteiger partial charge in [0.15, 0.2) is 0 Å². The molecule has 1 N–H and O–H groups in total. The second-order valence-electron chi connectivity index (χ2n) is 5.43. The first-order valence-electron chi connectivity index (χ1n) is 7.70. The van der Waals surface area contributed by atoms with Crippen molar-refractivity contribution in [2.75, 3.05) is 6.54 Å². The Hall–Kier alpha value is -2.95. The molecule has 3 rings (SSSR count). The Balaban J connectivity index is 1.76. The standard InChI is InChI=1S/C19H17FN2O2/c1-13-17(18(22-24-13)15-9-5-6-10-16(15)20)19(23)21-12-11-14-7-3-2-4-8-14/h2-10H,11-12H2,1H3,(H,21,23). The van der Waals surface area contributed by atoms with Crippen molar-refractivity contribution in [1.29, 1.82) is 0 Å². The lowest BCUT2D eigenvalue weighted by molar-refractivity contribution is 0.0953. The van der Waals surface area contributed by atoms with Crippen molar-refractivity contribution in [1.82, 2.24) is 10.5 Å². The Morgan fingerprint density at radius 2 is 1.83 bits per heavy atom. The van der Waals surface area contributed by atoms with Crippen LogP contribution < -0.4 is 5.32 Å². The number of nitrogens with one attached hydrogen (secondary N) is 1. The Morgan fingerprint density at radius 3 is 2.58 bits per heavy atom. The summed E-state index contributed by atoms with van der Waals surface area (Å²) in [5, 5.41) is 6.70. The number of nitrogens with zero attached hydrogens (tertiary/aromatic N) is 1. The highest BCUT2D eigenvalue weighted by Gasteiger charge is 2.23. The van der Waals surface area contributed by atoms with Gasteiger partial charge in [0.1, 0.15) is 22.8 Å². The largest absolute Gasteiger partial charge is 0.360 e. The first-order chi connectivity index (χ1) is 11.7. The number of carbonyl (C=O) groups excluding carboxylic acids is 1. The van der Waals surface area contributed by atoms with Gasteiger partial charge in [-0.3, -0.25) is 4.79 Å². The molecule has 1 heterocycles. The smallest absolute Gasteiger partial charge is 0.257 e. The highest BCUT2D eigenvalue weighted by atomic mass is 19.1. The maximum Gasteiger partial charge on any atom is 0.257 e. The van der Waals surface area contributed by atoms with Crippen molar-refractivity contribution in [3.8, 4) is 11.3 Å². The van der Waals surface area contributed by atoms with E-state index >= 15 is 0 Å². The minimum atomic E-state index is -0.441. The van der Waals surface area contributed by atoms with Crippen molar-refractivity contribution < 1.29 is 13.7 Å². The van der Waals surface area contributed by atoms with Gasteiger partial charge in [-0.2, -0.15) is 0 Å². The van der Waals surface area contributed by atoms with Gasteiger partial charge in [-0.25, -0.2) is 4.39 Å². The summed E-state index contributed by atoms with van der Waals surface area (Å²) in [5.74, 6) is -0.391. The molecule has 0 saturated heterocycles. The van der Waals surface area contributed by atoms with Gasteiger partial charge >= 0.3 is 0 Å². The van der Waals surface area contributed by atoms with E-state index in [2.05, 4.69) is 10.5 Å². The molecule has 5 heteroatoms. The zero-order chi connectivity index (χ0) is 16.9. The summed E-state index contributed by atoms with van der Waals surface area (Å²) < 4.78 is 19.1. The highest BCUT2D eigenvalue weighted by Crippen LogP contribution is 2.27. The van der Waals surface area contributed by atoms with Gasteiger partial charge in [-0.15, -0.1) is 0 Å². The van der Waals surface area contributed by atoms with Crippen LogP contribution in [-0.2, 0) is 6.42 Å². The fraction of sp³-hybridized carbons (Fsp3) is 0.158.